The number of aryl methyl sites for hydroxylation is 1. The molecule has 3 aromatic rings. The monoisotopic (exact) mass is 325 g/mol. The van der Waals surface area contributed by atoms with Crippen LogP contribution in [0.15, 0.2) is 52.9 Å². The Labute approximate surface area is 135 Å². The molecule has 0 saturated heterocycles. The van der Waals surface area contributed by atoms with Crippen molar-refractivity contribution in [3.63, 3.8) is 0 Å². The summed E-state index contributed by atoms with van der Waals surface area (Å²) in [6, 6.07) is 12.5. The van der Waals surface area contributed by atoms with Crippen molar-refractivity contribution in [2.45, 2.75) is 6.92 Å². The molecule has 0 radical (unpaired) electrons. The first kappa shape index (κ1) is 15.3. The third-order valence-electron chi connectivity index (χ3n) is 3.40. The van der Waals surface area contributed by atoms with Crippen molar-refractivity contribution in [1.82, 2.24) is 4.98 Å². The van der Waals surface area contributed by atoms with E-state index in [-0.39, 0.29) is 11.5 Å². The minimum absolute atomic E-state index is 0.0955. The van der Waals surface area contributed by atoms with Crippen LogP contribution in [0, 0.1) is 27.2 Å². The first-order chi connectivity index (χ1) is 11.5. The van der Waals surface area contributed by atoms with Gasteiger partial charge in [0.25, 0.3) is 11.4 Å². The molecule has 0 atom stereocenters. The number of nitro benzene ring substituents is 2. The Balaban J connectivity index is 2.13. The van der Waals surface area contributed by atoms with Crippen molar-refractivity contribution in [2.24, 2.45) is 0 Å². The van der Waals surface area contributed by atoms with Gasteiger partial charge in [-0.15, -0.1) is 0 Å². The molecular weight excluding hydrogens is 314 g/mol. The first-order valence-electron chi connectivity index (χ1n) is 6.93. The molecule has 120 valence electrons. The molecule has 1 aromatic heterocycles. The Morgan fingerprint density at radius 3 is 2.04 bits per heavy atom. The molecule has 0 saturated carbocycles. The summed E-state index contributed by atoms with van der Waals surface area (Å²) < 4.78 is 5.70. The Kier molecular flexibility index (Phi) is 3.78. The first-order valence-corrected chi connectivity index (χ1v) is 6.93. The van der Waals surface area contributed by atoms with Gasteiger partial charge in [-0.25, -0.2) is 4.98 Å². The zero-order chi connectivity index (χ0) is 17.3. The van der Waals surface area contributed by atoms with Crippen molar-refractivity contribution >= 4 is 11.4 Å². The Hall–Kier alpha value is -3.55. The van der Waals surface area contributed by atoms with Crippen molar-refractivity contribution in [3.8, 4) is 22.8 Å². The van der Waals surface area contributed by atoms with Crippen LogP contribution in [0.1, 0.15) is 5.69 Å². The quantitative estimate of drug-likeness (QED) is 0.526. The molecule has 0 aliphatic carbocycles. The number of oxazole rings is 1. The summed E-state index contributed by atoms with van der Waals surface area (Å²) in [5, 5.41) is 22.0. The van der Waals surface area contributed by atoms with Gasteiger partial charge in [0.2, 0.25) is 5.89 Å². The molecule has 8 heteroatoms. The van der Waals surface area contributed by atoms with Crippen molar-refractivity contribution in [3.05, 3.63) is 74.5 Å². The summed E-state index contributed by atoms with van der Waals surface area (Å²) >= 11 is 0. The van der Waals surface area contributed by atoms with E-state index in [0.717, 1.165) is 11.6 Å². The lowest BCUT2D eigenvalue weighted by molar-refractivity contribution is -0.394. The third kappa shape index (κ3) is 2.84. The lowest BCUT2D eigenvalue weighted by atomic mass is 10.1. The number of non-ortho nitro benzene ring substituents is 2. The topological polar surface area (TPSA) is 112 Å². The smallest absolute Gasteiger partial charge is 0.277 e. The predicted molar refractivity (Wildman–Crippen MR) is 85.4 cm³/mol. The van der Waals surface area contributed by atoms with Crippen LogP contribution in [-0.2, 0) is 0 Å². The van der Waals surface area contributed by atoms with E-state index in [0.29, 0.717) is 11.5 Å². The second kappa shape index (κ2) is 5.92. The van der Waals surface area contributed by atoms with Crippen molar-refractivity contribution < 1.29 is 14.3 Å². The molecule has 0 N–H and O–H groups in total. The number of benzene rings is 2. The van der Waals surface area contributed by atoms with Crippen molar-refractivity contribution in [2.75, 3.05) is 0 Å². The van der Waals surface area contributed by atoms with Gasteiger partial charge < -0.3 is 4.42 Å². The zero-order valence-corrected chi connectivity index (χ0v) is 12.5. The molecule has 0 fully saturated rings. The van der Waals surface area contributed by atoms with Gasteiger partial charge in [0, 0.05) is 17.7 Å². The van der Waals surface area contributed by atoms with Crippen LogP contribution < -0.4 is 0 Å². The fourth-order valence-corrected chi connectivity index (χ4v) is 2.31. The zero-order valence-electron chi connectivity index (χ0n) is 12.5. The molecule has 24 heavy (non-hydrogen) atoms. The van der Waals surface area contributed by atoms with Gasteiger partial charge >= 0.3 is 0 Å². The maximum Gasteiger partial charge on any atom is 0.277 e. The molecule has 3 rings (SSSR count). The number of nitro groups is 2. The minimum atomic E-state index is -0.690. The van der Waals surface area contributed by atoms with Gasteiger partial charge in [0.05, 0.1) is 27.2 Å². The van der Waals surface area contributed by atoms with Crippen LogP contribution in [0.25, 0.3) is 22.8 Å². The average molecular weight is 325 g/mol. The van der Waals surface area contributed by atoms with E-state index in [1.54, 1.807) is 6.92 Å². The van der Waals surface area contributed by atoms with E-state index in [1.165, 1.54) is 12.1 Å². The molecule has 0 aliphatic rings. The summed E-state index contributed by atoms with van der Waals surface area (Å²) in [6.45, 7) is 1.74. The SMILES string of the molecule is Cc1nc(-c2cc([N+](=O)[O-])cc([N+](=O)[O-])c2)oc1-c1ccccc1. The van der Waals surface area contributed by atoms with Gasteiger partial charge in [-0.05, 0) is 6.92 Å². The fourth-order valence-electron chi connectivity index (χ4n) is 2.31. The Morgan fingerprint density at radius 2 is 1.50 bits per heavy atom. The summed E-state index contributed by atoms with van der Waals surface area (Å²) in [5.41, 5.74) is 0.785. The summed E-state index contributed by atoms with van der Waals surface area (Å²) in [7, 11) is 0. The van der Waals surface area contributed by atoms with E-state index in [4.69, 9.17) is 4.42 Å². The van der Waals surface area contributed by atoms with E-state index >= 15 is 0 Å². The van der Waals surface area contributed by atoms with Gasteiger partial charge in [0.15, 0.2) is 5.76 Å². The van der Waals surface area contributed by atoms with Gasteiger partial charge in [-0.3, -0.25) is 20.2 Å². The number of nitrogens with zero attached hydrogens (tertiary/aromatic N) is 3. The fraction of sp³-hybridized carbons (Fsp3) is 0.0625. The summed E-state index contributed by atoms with van der Waals surface area (Å²) in [6.07, 6.45) is 0. The second-order valence-corrected chi connectivity index (χ2v) is 5.05. The third-order valence-corrected chi connectivity index (χ3v) is 3.40. The van der Waals surface area contributed by atoms with Crippen LogP contribution >= 0.6 is 0 Å². The molecule has 1 heterocycles. The van der Waals surface area contributed by atoms with Crippen molar-refractivity contribution in [1.29, 1.82) is 0 Å². The summed E-state index contributed by atoms with van der Waals surface area (Å²) in [5.74, 6) is 0.609. The lowest BCUT2D eigenvalue weighted by Crippen LogP contribution is -1.94. The van der Waals surface area contributed by atoms with E-state index in [9.17, 15) is 20.2 Å². The van der Waals surface area contributed by atoms with E-state index in [1.807, 2.05) is 30.3 Å². The number of hydrogen-bond acceptors (Lipinski definition) is 6. The second-order valence-electron chi connectivity index (χ2n) is 5.05. The van der Waals surface area contributed by atoms with Crippen LogP contribution in [0.4, 0.5) is 11.4 Å². The van der Waals surface area contributed by atoms with E-state index in [2.05, 4.69) is 4.98 Å². The highest BCUT2D eigenvalue weighted by atomic mass is 16.6. The van der Waals surface area contributed by atoms with Crippen LogP contribution in [-0.4, -0.2) is 14.8 Å². The van der Waals surface area contributed by atoms with Crippen LogP contribution in [0.3, 0.4) is 0 Å². The lowest BCUT2D eigenvalue weighted by Gasteiger charge is -1.98. The maximum atomic E-state index is 11.0. The average Bonchev–Trinajstić information content (AvgIpc) is 2.97. The Morgan fingerprint density at radius 1 is 0.917 bits per heavy atom. The number of rotatable bonds is 4. The molecular formula is C16H11N3O5. The van der Waals surface area contributed by atoms with Crippen LogP contribution in [0.2, 0.25) is 0 Å². The number of hydrogen-bond donors (Lipinski definition) is 0. The molecule has 0 spiro atoms. The van der Waals surface area contributed by atoms with Gasteiger partial charge in [-0.2, -0.15) is 0 Å². The predicted octanol–water partition coefficient (Wildman–Crippen LogP) is 4.13. The number of aromatic nitrogens is 1. The molecule has 0 unspecified atom stereocenters. The van der Waals surface area contributed by atoms with Gasteiger partial charge in [0.1, 0.15) is 0 Å². The van der Waals surface area contributed by atoms with Crippen LogP contribution in [0.5, 0.6) is 0 Å². The highest BCUT2D eigenvalue weighted by Gasteiger charge is 2.21. The van der Waals surface area contributed by atoms with E-state index < -0.39 is 21.2 Å². The molecule has 2 aromatic carbocycles. The molecule has 0 bridgehead atoms. The standard InChI is InChI=1S/C16H11N3O5/c1-10-15(11-5-3-2-4-6-11)24-16(17-10)12-7-13(18(20)21)9-14(8-12)19(22)23/h2-9H,1H3. The normalized spacial score (nSPS) is 10.5. The highest BCUT2D eigenvalue weighted by Crippen LogP contribution is 2.33. The van der Waals surface area contributed by atoms with Gasteiger partial charge in [-0.1, -0.05) is 30.3 Å². The molecule has 0 aliphatic heterocycles. The minimum Gasteiger partial charge on any atom is -0.436 e. The highest BCUT2D eigenvalue weighted by molar-refractivity contribution is 5.67. The molecule has 0 amide bonds. The Bertz CT molecular complexity index is 902. The maximum absolute atomic E-state index is 11.0. The molecule has 8 nitrogen and oxygen atoms in total. The summed E-state index contributed by atoms with van der Waals surface area (Å²) in [4.78, 5) is 24.8. The largest absolute Gasteiger partial charge is 0.436 e.